The van der Waals surface area contributed by atoms with E-state index in [2.05, 4.69) is 10.3 Å². The molecule has 1 N–H and O–H groups in total. The number of aryl methyl sites for hydroxylation is 1. The molecule has 0 fully saturated rings. The maximum absolute atomic E-state index is 12.5. The highest BCUT2D eigenvalue weighted by atomic mass is 16.5. The van der Waals surface area contributed by atoms with E-state index < -0.39 is 5.63 Å². The van der Waals surface area contributed by atoms with Gasteiger partial charge in [0, 0.05) is 34.7 Å². The van der Waals surface area contributed by atoms with E-state index in [0.29, 0.717) is 28.5 Å². The number of amides is 1. The second-order valence-corrected chi connectivity index (χ2v) is 7.97. The second-order valence-electron chi connectivity index (χ2n) is 7.97. The Kier molecular flexibility index (Phi) is 5.59. The van der Waals surface area contributed by atoms with Gasteiger partial charge in [0.25, 0.3) is 0 Å². The first-order valence-corrected chi connectivity index (χ1v) is 10.9. The van der Waals surface area contributed by atoms with Crippen LogP contribution in [0.5, 0.6) is 5.75 Å². The van der Waals surface area contributed by atoms with Gasteiger partial charge in [0.1, 0.15) is 16.8 Å². The summed E-state index contributed by atoms with van der Waals surface area (Å²) in [6.45, 7) is 1.86. The number of para-hydroxylation sites is 2. The molecule has 0 radical (unpaired) electrons. The highest BCUT2D eigenvalue weighted by Crippen LogP contribution is 2.26. The molecule has 34 heavy (non-hydrogen) atoms. The Morgan fingerprint density at radius 1 is 1.00 bits per heavy atom. The van der Waals surface area contributed by atoms with Crippen LogP contribution < -0.4 is 15.7 Å². The molecule has 7 nitrogen and oxygen atoms in total. The molecule has 7 heteroatoms. The molecule has 5 aromatic rings. The van der Waals surface area contributed by atoms with Gasteiger partial charge >= 0.3 is 5.63 Å². The molecule has 0 saturated heterocycles. The average Bonchev–Trinajstić information content (AvgIpc) is 3.28. The standard InChI is InChI=1S/C27H22N2O5/c1-16-20-12-11-19(32-2)15-24(20)34-27(31)21(16)13-14-25(30)28-18-9-7-17(8-10-18)26-29-22-5-3-4-6-23(22)33-26/h3-12,15H,13-14H2,1-2H3,(H,28,30). The first-order valence-electron chi connectivity index (χ1n) is 10.9. The Balaban J connectivity index is 1.26. The molecule has 5 rings (SSSR count). The van der Waals surface area contributed by atoms with Gasteiger partial charge in [0.05, 0.1) is 7.11 Å². The van der Waals surface area contributed by atoms with Crippen LogP contribution in [0.2, 0.25) is 0 Å². The zero-order valence-electron chi connectivity index (χ0n) is 18.8. The molecule has 0 aliphatic heterocycles. The zero-order chi connectivity index (χ0) is 23.7. The van der Waals surface area contributed by atoms with Gasteiger partial charge in [0.2, 0.25) is 11.8 Å². The summed E-state index contributed by atoms with van der Waals surface area (Å²) in [5, 5.41) is 3.69. The summed E-state index contributed by atoms with van der Waals surface area (Å²) in [5.74, 6) is 0.947. The fourth-order valence-electron chi connectivity index (χ4n) is 3.94. The highest BCUT2D eigenvalue weighted by Gasteiger charge is 2.14. The third-order valence-electron chi connectivity index (χ3n) is 5.81. The topological polar surface area (TPSA) is 94.6 Å². The number of nitrogens with one attached hydrogen (secondary N) is 1. The van der Waals surface area contributed by atoms with Gasteiger partial charge in [-0.1, -0.05) is 12.1 Å². The number of oxazole rings is 1. The van der Waals surface area contributed by atoms with Crippen molar-refractivity contribution in [2.45, 2.75) is 19.8 Å². The van der Waals surface area contributed by atoms with Crippen LogP contribution in [0.15, 0.2) is 80.4 Å². The number of nitrogens with zero attached hydrogens (tertiary/aromatic N) is 1. The predicted octanol–water partition coefficient (Wildman–Crippen LogP) is 5.49. The molecule has 0 unspecified atom stereocenters. The first kappa shape index (κ1) is 21.5. The number of hydrogen-bond donors (Lipinski definition) is 1. The second kappa shape index (κ2) is 8.86. The van der Waals surface area contributed by atoms with E-state index in [9.17, 15) is 9.59 Å². The normalized spacial score (nSPS) is 11.1. The third kappa shape index (κ3) is 4.15. The Morgan fingerprint density at radius 3 is 2.56 bits per heavy atom. The quantitative estimate of drug-likeness (QED) is 0.341. The number of aromatic nitrogens is 1. The number of benzene rings is 3. The van der Waals surface area contributed by atoms with E-state index in [1.54, 1.807) is 25.3 Å². The van der Waals surface area contributed by atoms with Crippen molar-refractivity contribution in [3.63, 3.8) is 0 Å². The summed E-state index contributed by atoms with van der Waals surface area (Å²) in [6.07, 6.45) is 0.434. The van der Waals surface area contributed by atoms with Crippen molar-refractivity contribution in [3.05, 3.63) is 88.3 Å². The molecule has 0 aliphatic rings. The highest BCUT2D eigenvalue weighted by molar-refractivity contribution is 5.91. The van der Waals surface area contributed by atoms with E-state index in [4.69, 9.17) is 13.6 Å². The largest absolute Gasteiger partial charge is 0.497 e. The molecule has 0 saturated carbocycles. The van der Waals surface area contributed by atoms with Gasteiger partial charge in [-0.2, -0.15) is 0 Å². The maximum Gasteiger partial charge on any atom is 0.339 e. The molecule has 0 atom stereocenters. The van der Waals surface area contributed by atoms with Crippen molar-refractivity contribution in [1.29, 1.82) is 0 Å². The molecule has 1 amide bonds. The van der Waals surface area contributed by atoms with E-state index in [-0.39, 0.29) is 18.7 Å². The zero-order valence-corrected chi connectivity index (χ0v) is 18.8. The Bertz CT molecular complexity index is 1530. The SMILES string of the molecule is COc1ccc2c(C)c(CCC(=O)Nc3ccc(-c4nc5ccccc5o4)cc3)c(=O)oc2c1. The molecule has 0 bridgehead atoms. The van der Waals surface area contributed by atoms with Crippen molar-refractivity contribution in [2.75, 3.05) is 12.4 Å². The lowest BCUT2D eigenvalue weighted by atomic mass is 10.0. The Hall–Kier alpha value is -4.39. The predicted molar refractivity (Wildman–Crippen MR) is 130 cm³/mol. The monoisotopic (exact) mass is 454 g/mol. The van der Waals surface area contributed by atoms with Gasteiger partial charge in [-0.05, 0) is 67.4 Å². The van der Waals surface area contributed by atoms with E-state index >= 15 is 0 Å². The summed E-state index contributed by atoms with van der Waals surface area (Å²) < 4.78 is 16.4. The van der Waals surface area contributed by atoms with Crippen molar-refractivity contribution in [1.82, 2.24) is 4.98 Å². The van der Waals surface area contributed by atoms with Crippen LogP contribution in [-0.2, 0) is 11.2 Å². The van der Waals surface area contributed by atoms with Crippen molar-refractivity contribution in [2.24, 2.45) is 0 Å². The summed E-state index contributed by atoms with van der Waals surface area (Å²) in [5.41, 5.74) is 4.32. The smallest absolute Gasteiger partial charge is 0.339 e. The van der Waals surface area contributed by atoms with E-state index in [1.807, 2.05) is 55.5 Å². The lowest BCUT2D eigenvalue weighted by Gasteiger charge is -2.09. The lowest BCUT2D eigenvalue weighted by Crippen LogP contribution is -2.16. The van der Waals surface area contributed by atoms with Crippen LogP contribution in [0, 0.1) is 6.92 Å². The van der Waals surface area contributed by atoms with Crippen LogP contribution >= 0.6 is 0 Å². The van der Waals surface area contributed by atoms with Crippen molar-refractivity contribution >= 4 is 33.7 Å². The van der Waals surface area contributed by atoms with Crippen molar-refractivity contribution in [3.8, 4) is 17.2 Å². The number of carbonyl (C=O) groups is 1. The molecule has 0 aliphatic carbocycles. The number of carbonyl (C=O) groups excluding carboxylic acids is 1. The van der Waals surface area contributed by atoms with Gasteiger partial charge < -0.3 is 18.9 Å². The Labute approximate surface area is 195 Å². The molecular formula is C27H22N2O5. The van der Waals surface area contributed by atoms with Gasteiger partial charge in [-0.3, -0.25) is 4.79 Å². The number of fused-ring (bicyclic) bond motifs is 2. The average molecular weight is 454 g/mol. The molecule has 0 spiro atoms. The van der Waals surface area contributed by atoms with Crippen LogP contribution in [0.1, 0.15) is 17.5 Å². The van der Waals surface area contributed by atoms with Gasteiger partial charge in [-0.15, -0.1) is 0 Å². The minimum absolute atomic E-state index is 0.153. The minimum atomic E-state index is -0.436. The van der Waals surface area contributed by atoms with Crippen molar-refractivity contribution < 1.29 is 18.4 Å². The van der Waals surface area contributed by atoms with Crippen LogP contribution in [0.3, 0.4) is 0 Å². The molecule has 170 valence electrons. The molecule has 2 aromatic heterocycles. The molecule has 2 heterocycles. The summed E-state index contributed by atoms with van der Waals surface area (Å²) in [7, 11) is 1.56. The summed E-state index contributed by atoms with van der Waals surface area (Å²) in [6, 6.07) is 20.2. The minimum Gasteiger partial charge on any atom is -0.497 e. The van der Waals surface area contributed by atoms with Crippen LogP contribution in [0.4, 0.5) is 5.69 Å². The lowest BCUT2D eigenvalue weighted by molar-refractivity contribution is -0.116. The third-order valence-corrected chi connectivity index (χ3v) is 5.81. The first-order chi connectivity index (χ1) is 16.5. The summed E-state index contributed by atoms with van der Waals surface area (Å²) in [4.78, 5) is 29.5. The van der Waals surface area contributed by atoms with Gasteiger partial charge in [0.15, 0.2) is 5.58 Å². The van der Waals surface area contributed by atoms with Crippen LogP contribution in [-0.4, -0.2) is 18.0 Å². The maximum atomic E-state index is 12.5. The number of hydrogen-bond acceptors (Lipinski definition) is 6. The fraction of sp³-hybridized carbons (Fsp3) is 0.148. The summed E-state index contributed by atoms with van der Waals surface area (Å²) >= 11 is 0. The number of rotatable bonds is 6. The number of methoxy groups -OCH3 is 1. The Morgan fingerprint density at radius 2 is 1.79 bits per heavy atom. The molecule has 3 aromatic carbocycles. The van der Waals surface area contributed by atoms with E-state index in [1.165, 1.54) is 0 Å². The van der Waals surface area contributed by atoms with E-state index in [0.717, 1.165) is 27.6 Å². The number of ether oxygens (including phenoxy) is 1. The van der Waals surface area contributed by atoms with Gasteiger partial charge in [-0.25, -0.2) is 9.78 Å². The number of anilines is 1. The van der Waals surface area contributed by atoms with Crippen LogP contribution in [0.25, 0.3) is 33.5 Å². The fourth-order valence-corrected chi connectivity index (χ4v) is 3.94. The molecular weight excluding hydrogens is 432 g/mol.